The first-order valence-electron chi connectivity index (χ1n) is 8.87. The monoisotopic (exact) mass is 427 g/mol. The molecule has 1 aromatic heterocycles. The summed E-state index contributed by atoms with van der Waals surface area (Å²) in [4.78, 5) is 23.8. The molecule has 0 aliphatic rings. The number of nitrogens with zero attached hydrogens (tertiary/aromatic N) is 3. The number of nitrogens with two attached hydrogens (primary N) is 1. The fourth-order valence-electron chi connectivity index (χ4n) is 2.63. The summed E-state index contributed by atoms with van der Waals surface area (Å²) in [6.45, 7) is 0. The van der Waals surface area contributed by atoms with Gasteiger partial charge in [-0.05, 0) is 42.0 Å². The summed E-state index contributed by atoms with van der Waals surface area (Å²) in [5.41, 5.74) is 6.87. The van der Waals surface area contributed by atoms with Crippen LogP contribution in [-0.2, 0) is 12.8 Å². The molecule has 0 radical (unpaired) electrons. The maximum atomic E-state index is 12.6. The molecule has 0 aliphatic carbocycles. The molecular formula is C20H21N5O4S. The van der Waals surface area contributed by atoms with Crippen molar-refractivity contribution in [3.05, 3.63) is 63.9 Å². The molecule has 9 nitrogen and oxygen atoms in total. The Morgan fingerprint density at radius 2 is 1.80 bits per heavy atom. The predicted octanol–water partition coefficient (Wildman–Crippen LogP) is 2.33. The van der Waals surface area contributed by atoms with E-state index in [-0.39, 0.29) is 11.4 Å². The van der Waals surface area contributed by atoms with Crippen LogP contribution in [0.1, 0.15) is 15.9 Å². The number of amides is 1. The second kappa shape index (κ2) is 9.31. The highest BCUT2D eigenvalue weighted by Crippen LogP contribution is 2.30. The number of benzene rings is 2. The Kier molecular flexibility index (Phi) is 6.58. The van der Waals surface area contributed by atoms with Gasteiger partial charge >= 0.3 is 0 Å². The van der Waals surface area contributed by atoms with E-state index in [2.05, 4.69) is 15.5 Å². The summed E-state index contributed by atoms with van der Waals surface area (Å²) >= 11 is 1.38. The van der Waals surface area contributed by atoms with Gasteiger partial charge in [0.05, 0.1) is 14.2 Å². The summed E-state index contributed by atoms with van der Waals surface area (Å²) in [5.74, 6) is 1.42. The lowest BCUT2D eigenvalue weighted by Crippen LogP contribution is -2.24. The van der Waals surface area contributed by atoms with Crippen LogP contribution in [0.3, 0.4) is 0 Å². The molecule has 0 saturated carbocycles. The maximum absolute atomic E-state index is 12.6. The van der Waals surface area contributed by atoms with Crippen molar-refractivity contribution in [2.24, 2.45) is 12.8 Å². The fourth-order valence-corrected chi connectivity index (χ4v) is 3.48. The van der Waals surface area contributed by atoms with Crippen molar-refractivity contribution < 1.29 is 14.3 Å². The summed E-state index contributed by atoms with van der Waals surface area (Å²) in [6, 6.07) is 12.0. The summed E-state index contributed by atoms with van der Waals surface area (Å²) in [7, 11) is 4.80. The van der Waals surface area contributed by atoms with Crippen LogP contribution in [-0.4, -0.2) is 34.9 Å². The van der Waals surface area contributed by atoms with Crippen molar-refractivity contribution in [1.29, 1.82) is 0 Å². The van der Waals surface area contributed by atoms with E-state index in [1.165, 1.54) is 16.3 Å². The number of rotatable bonds is 8. The Labute approximate surface area is 177 Å². The second-order valence-electron chi connectivity index (χ2n) is 6.24. The van der Waals surface area contributed by atoms with Gasteiger partial charge in [-0.25, -0.2) is 0 Å². The number of primary amides is 1. The minimum atomic E-state index is -0.520. The number of ether oxygens (including phenoxy) is 2. The van der Waals surface area contributed by atoms with Crippen LogP contribution >= 0.6 is 11.8 Å². The van der Waals surface area contributed by atoms with E-state index >= 15 is 0 Å². The van der Waals surface area contributed by atoms with Crippen LogP contribution < -0.4 is 26.1 Å². The van der Waals surface area contributed by atoms with Gasteiger partial charge in [0, 0.05) is 24.1 Å². The zero-order chi connectivity index (χ0) is 21.7. The zero-order valence-corrected chi connectivity index (χ0v) is 17.5. The van der Waals surface area contributed by atoms with Gasteiger partial charge in [-0.15, -0.1) is 10.2 Å². The number of methoxy groups -OCH3 is 2. The first-order valence-corrected chi connectivity index (χ1v) is 9.85. The fraction of sp³-hybridized carbons (Fsp3) is 0.200. The Bertz CT molecular complexity index is 1120. The molecule has 3 aromatic rings. The summed E-state index contributed by atoms with van der Waals surface area (Å²) in [6.07, 6.45) is 0. The van der Waals surface area contributed by atoms with Crippen LogP contribution in [0.25, 0.3) is 0 Å². The SMILES string of the molecule is COc1ccc(CSc2nnc(Nc3ccc(C(N)=O)cc3)c(=O)n2C)cc1OC. The van der Waals surface area contributed by atoms with Gasteiger partial charge in [-0.3, -0.25) is 14.2 Å². The Hall–Kier alpha value is -3.53. The molecule has 3 rings (SSSR count). The first-order chi connectivity index (χ1) is 14.4. The van der Waals surface area contributed by atoms with Crippen molar-refractivity contribution in [3.63, 3.8) is 0 Å². The third-order valence-electron chi connectivity index (χ3n) is 4.28. The van der Waals surface area contributed by atoms with Gasteiger partial charge in [0.25, 0.3) is 5.56 Å². The standard InChI is InChI=1S/C20H21N5O4S/c1-25-19(27)18(22-14-7-5-13(6-8-14)17(21)26)23-24-20(25)30-11-12-4-9-15(28-2)16(10-12)29-3/h4-10H,11H2,1-3H3,(H2,21,26)(H,22,23). The van der Waals surface area contributed by atoms with Crippen LogP contribution in [0.15, 0.2) is 52.4 Å². The maximum Gasteiger partial charge on any atom is 0.297 e. The third kappa shape index (κ3) is 4.71. The van der Waals surface area contributed by atoms with E-state index in [1.807, 2.05) is 18.2 Å². The molecule has 0 fully saturated rings. The number of nitrogens with one attached hydrogen (secondary N) is 1. The lowest BCUT2D eigenvalue weighted by atomic mass is 10.2. The molecule has 0 aliphatic heterocycles. The van der Waals surface area contributed by atoms with Gasteiger partial charge in [-0.2, -0.15) is 0 Å². The number of carbonyl (C=O) groups is 1. The van der Waals surface area contributed by atoms with Gasteiger partial charge in [0.2, 0.25) is 11.7 Å². The van der Waals surface area contributed by atoms with E-state index in [0.29, 0.717) is 33.7 Å². The van der Waals surface area contributed by atoms with Gasteiger partial charge in [-0.1, -0.05) is 17.8 Å². The zero-order valence-electron chi connectivity index (χ0n) is 16.7. The number of thioether (sulfide) groups is 1. The number of hydrogen-bond acceptors (Lipinski definition) is 8. The molecule has 30 heavy (non-hydrogen) atoms. The number of aromatic nitrogens is 3. The van der Waals surface area contributed by atoms with E-state index in [0.717, 1.165) is 5.56 Å². The molecule has 0 saturated heterocycles. The smallest absolute Gasteiger partial charge is 0.297 e. The van der Waals surface area contributed by atoms with Gasteiger partial charge in [0.15, 0.2) is 16.7 Å². The van der Waals surface area contributed by atoms with Crippen LogP contribution in [0.2, 0.25) is 0 Å². The summed E-state index contributed by atoms with van der Waals surface area (Å²) in [5, 5.41) is 11.6. The van der Waals surface area contributed by atoms with E-state index in [1.54, 1.807) is 45.5 Å². The van der Waals surface area contributed by atoms with E-state index in [4.69, 9.17) is 15.2 Å². The van der Waals surface area contributed by atoms with Crippen molar-refractivity contribution in [3.8, 4) is 11.5 Å². The first kappa shape index (κ1) is 21.2. The van der Waals surface area contributed by atoms with E-state index in [9.17, 15) is 9.59 Å². The topological polar surface area (TPSA) is 121 Å². The molecule has 1 amide bonds. The molecular weight excluding hydrogens is 406 g/mol. The minimum absolute atomic E-state index is 0.0831. The minimum Gasteiger partial charge on any atom is -0.493 e. The molecule has 0 atom stereocenters. The molecule has 10 heteroatoms. The lowest BCUT2D eigenvalue weighted by Gasteiger charge is -2.11. The van der Waals surface area contributed by atoms with Crippen molar-refractivity contribution in [1.82, 2.24) is 14.8 Å². The third-order valence-corrected chi connectivity index (χ3v) is 5.37. The Morgan fingerprint density at radius 3 is 2.43 bits per heavy atom. The lowest BCUT2D eigenvalue weighted by molar-refractivity contribution is 0.100. The number of anilines is 2. The van der Waals surface area contributed by atoms with Crippen LogP contribution in [0, 0.1) is 0 Å². The van der Waals surface area contributed by atoms with Gasteiger partial charge in [0.1, 0.15) is 0 Å². The number of hydrogen-bond donors (Lipinski definition) is 2. The highest BCUT2D eigenvalue weighted by Gasteiger charge is 2.12. The van der Waals surface area contributed by atoms with Crippen LogP contribution in [0.5, 0.6) is 11.5 Å². The van der Waals surface area contributed by atoms with Crippen molar-refractivity contribution in [2.75, 3.05) is 19.5 Å². The molecule has 2 aromatic carbocycles. The van der Waals surface area contributed by atoms with E-state index < -0.39 is 5.91 Å². The quantitative estimate of drug-likeness (QED) is 0.526. The molecule has 0 bridgehead atoms. The number of carbonyl (C=O) groups excluding carboxylic acids is 1. The normalized spacial score (nSPS) is 10.5. The van der Waals surface area contributed by atoms with Crippen molar-refractivity contribution in [2.45, 2.75) is 10.9 Å². The molecule has 1 heterocycles. The summed E-state index contributed by atoms with van der Waals surface area (Å²) < 4.78 is 12.0. The highest BCUT2D eigenvalue weighted by atomic mass is 32.2. The largest absolute Gasteiger partial charge is 0.493 e. The predicted molar refractivity (Wildman–Crippen MR) is 115 cm³/mol. The van der Waals surface area contributed by atoms with Gasteiger partial charge < -0.3 is 20.5 Å². The van der Waals surface area contributed by atoms with Crippen LogP contribution in [0.4, 0.5) is 11.5 Å². The Morgan fingerprint density at radius 1 is 1.10 bits per heavy atom. The van der Waals surface area contributed by atoms with Crippen molar-refractivity contribution >= 4 is 29.2 Å². The average molecular weight is 427 g/mol. The molecule has 156 valence electrons. The molecule has 0 spiro atoms. The highest BCUT2D eigenvalue weighted by molar-refractivity contribution is 7.98. The molecule has 3 N–H and O–H groups in total. The Balaban J connectivity index is 1.73. The average Bonchev–Trinajstić information content (AvgIpc) is 2.76. The molecule has 0 unspecified atom stereocenters. The second-order valence-corrected chi connectivity index (χ2v) is 7.18.